The molecule has 7 nitrogen and oxygen atoms in total. The molecular formula is C18H13ClN4O3. The summed E-state index contributed by atoms with van der Waals surface area (Å²) in [5, 5.41) is 4.55. The van der Waals surface area contributed by atoms with Crippen molar-refractivity contribution >= 4 is 40.3 Å². The van der Waals surface area contributed by atoms with Crippen LogP contribution < -0.4 is 10.7 Å². The first kappa shape index (κ1) is 16.2. The van der Waals surface area contributed by atoms with Gasteiger partial charge in [-0.2, -0.15) is 5.01 Å². The van der Waals surface area contributed by atoms with Gasteiger partial charge in [0, 0.05) is 15.9 Å². The number of hydrogen-bond acceptors (Lipinski definition) is 3. The van der Waals surface area contributed by atoms with Crippen molar-refractivity contribution in [2.45, 2.75) is 6.04 Å². The van der Waals surface area contributed by atoms with Crippen LogP contribution in [0.3, 0.4) is 0 Å². The zero-order chi connectivity index (χ0) is 18.3. The molecule has 0 unspecified atom stereocenters. The number of carbonyl (C=O) groups is 3. The quantitative estimate of drug-likeness (QED) is 0.620. The molecule has 0 bridgehead atoms. The van der Waals surface area contributed by atoms with Gasteiger partial charge in [0.2, 0.25) is 0 Å². The lowest BCUT2D eigenvalue weighted by molar-refractivity contribution is -0.129. The highest BCUT2D eigenvalue weighted by Gasteiger charge is 2.40. The van der Waals surface area contributed by atoms with Crippen molar-refractivity contribution in [1.29, 1.82) is 0 Å². The van der Waals surface area contributed by atoms with Gasteiger partial charge < -0.3 is 10.3 Å². The number of halogens is 1. The second-order valence-electron chi connectivity index (χ2n) is 5.82. The second kappa shape index (κ2) is 6.20. The van der Waals surface area contributed by atoms with E-state index < -0.39 is 23.9 Å². The summed E-state index contributed by atoms with van der Waals surface area (Å²) in [5.74, 6) is -1.15. The Bertz CT molecular complexity index is 1030. The minimum Gasteiger partial charge on any atom is -0.350 e. The topological polar surface area (TPSA) is 94.3 Å². The number of urea groups is 1. The summed E-state index contributed by atoms with van der Waals surface area (Å²) < 4.78 is 0. The highest BCUT2D eigenvalue weighted by molar-refractivity contribution is 6.31. The van der Waals surface area contributed by atoms with Crippen molar-refractivity contribution < 1.29 is 14.4 Å². The monoisotopic (exact) mass is 368 g/mol. The molecule has 0 aliphatic carbocycles. The molecule has 2 aromatic carbocycles. The van der Waals surface area contributed by atoms with Gasteiger partial charge in [-0.3, -0.25) is 15.0 Å². The summed E-state index contributed by atoms with van der Waals surface area (Å²) in [6, 6.07) is 14.1. The first-order valence-corrected chi connectivity index (χ1v) is 8.19. The Morgan fingerprint density at radius 1 is 1.08 bits per heavy atom. The number of benzene rings is 2. The van der Waals surface area contributed by atoms with E-state index in [9.17, 15) is 14.4 Å². The standard InChI is InChI=1S/C18H13ClN4O3/c19-12-6-7-13-11(8-12)9-14(20-13)16(24)22-23-17(25)15(21-18(23)26)10-4-2-1-3-5-10/h1-9,15,20H,(H,21,26)(H,22,24)/t15-/m1/s1. The zero-order valence-corrected chi connectivity index (χ0v) is 14.1. The van der Waals surface area contributed by atoms with Crippen LogP contribution in [0.25, 0.3) is 10.9 Å². The molecule has 1 aliphatic rings. The first-order valence-electron chi connectivity index (χ1n) is 7.81. The molecule has 0 radical (unpaired) electrons. The van der Waals surface area contributed by atoms with E-state index in [4.69, 9.17) is 11.6 Å². The van der Waals surface area contributed by atoms with Crippen LogP contribution in [-0.4, -0.2) is 27.8 Å². The summed E-state index contributed by atoms with van der Waals surface area (Å²) in [7, 11) is 0. The molecule has 1 aliphatic heterocycles. The molecule has 130 valence electrons. The number of aromatic amines is 1. The lowest BCUT2D eigenvalue weighted by atomic mass is 10.1. The van der Waals surface area contributed by atoms with Gasteiger partial charge in [0.1, 0.15) is 11.7 Å². The molecule has 3 N–H and O–H groups in total. The predicted octanol–water partition coefficient (Wildman–Crippen LogP) is 2.76. The van der Waals surface area contributed by atoms with E-state index in [-0.39, 0.29) is 5.69 Å². The predicted molar refractivity (Wildman–Crippen MR) is 95.3 cm³/mol. The van der Waals surface area contributed by atoms with E-state index in [1.165, 1.54) is 0 Å². The molecule has 4 amide bonds. The fraction of sp³-hybridized carbons (Fsp3) is 0.0556. The molecule has 2 heterocycles. The maximum Gasteiger partial charge on any atom is 0.344 e. The molecule has 1 saturated heterocycles. The van der Waals surface area contributed by atoms with Crippen LogP contribution in [0.1, 0.15) is 22.1 Å². The van der Waals surface area contributed by atoms with Crippen LogP contribution in [0.4, 0.5) is 4.79 Å². The number of nitrogens with one attached hydrogen (secondary N) is 3. The summed E-state index contributed by atoms with van der Waals surface area (Å²) in [4.78, 5) is 40.0. The maximum absolute atomic E-state index is 12.5. The molecule has 26 heavy (non-hydrogen) atoms. The molecule has 8 heteroatoms. The van der Waals surface area contributed by atoms with Gasteiger partial charge in [0.15, 0.2) is 0 Å². The average molecular weight is 369 g/mol. The summed E-state index contributed by atoms with van der Waals surface area (Å²) in [6.07, 6.45) is 0. The van der Waals surface area contributed by atoms with Crippen LogP contribution >= 0.6 is 11.6 Å². The Balaban J connectivity index is 1.55. The lowest BCUT2D eigenvalue weighted by Gasteiger charge is -2.13. The fourth-order valence-corrected chi connectivity index (χ4v) is 3.02. The highest BCUT2D eigenvalue weighted by Crippen LogP contribution is 2.22. The molecule has 4 rings (SSSR count). The number of carbonyl (C=O) groups excluding carboxylic acids is 3. The first-order chi connectivity index (χ1) is 12.5. The second-order valence-corrected chi connectivity index (χ2v) is 6.26. The minimum atomic E-state index is -0.828. The van der Waals surface area contributed by atoms with E-state index >= 15 is 0 Å². The van der Waals surface area contributed by atoms with Crippen LogP contribution in [0.2, 0.25) is 5.02 Å². The van der Waals surface area contributed by atoms with Gasteiger partial charge in [0.25, 0.3) is 11.8 Å². The molecule has 0 saturated carbocycles. The molecule has 0 spiro atoms. The molecule has 3 aromatic rings. The number of hydrogen-bond donors (Lipinski definition) is 3. The summed E-state index contributed by atoms with van der Waals surface area (Å²) in [6.45, 7) is 0. The van der Waals surface area contributed by atoms with Crippen molar-refractivity contribution in [3.63, 3.8) is 0 Å². The Hall–Kier alpha value is -3.32. The lowest BCUT2D eigenvalue weighted by Crippen LogP contribution is -2.46. The van der Waals surface area contributed by atoms with Gasteiger partial charge in [-0.05, 0) is 29.8 Å². The van der Waals surface area contributed by atoms with Gasteiger partial charge in [-0.1, -0.05) is 41.9 Å². The van der Waals surface area contributed by atoms with E-state index in [1.54, 1.807) is 48.5 Å². The number of rotatable bonds is 3. The number of aromatic nitrogens is 1. The number of fused-ring (bicyclic) bond motifs is 1. The van der Waals surface area contributed by atoms with Crippen molar-refractivity contribution in [1.82, 2.24) is 20.7 Å². The minimum absolute atomic E-state index is 0.214. The van der Waals surface area contributed by atoms with Crippen molar-refractivity contribution in [2.75, 3.05) is 0 Å². The number of imide groups is 1. The number of H-pyrrole nitrogens is 1. The van der Waals surface area contributed by atoms with Gasteiger partial charge in [-0.25, -0.2) is 4.79 Å². The summed E-state index contributed by atoms with van der Waals surface area (Å²) >= 11 is 5.94. The van der Waals surface area contributed by atoms with Crippen LogP contribution in [-0.2, 0) is 4.79 Å². The van der Waals surface area contributed by atoms with Crippen LogP contribution in [0, 0.1) is 0 Å². The van der Waals surface area contributed by atoms with Gasteiger partial charge in [-0.15, -0.1) is 0 Å². The van der Waals surface area contributed by atoms with Crippen molar-refractivity contribution in [2.24, 2.45) is 0 Å². The maximum atomic E-state index is 12.5. The third kappa shape index (κ3) is 2.78. The van der Waals surface area contributed by atoms with Crippen molar-refractivity contribution in [3.8, 4) is 0 Å². The normalized spacial score (nSPS) is 16.8. The Morgan fingerprint density at radius 3 is 2.62 bits per heavy atom. The molecule has 1 atom stereocenters. The van der Waals surface area contributed by atoms with Gasteiger partial charge >= 0.3 is 6.03 Å². The number of amides is 4. The number of nitrogens with zero attached hydrogens (tertiary/aromatic N) is 1. The van der Waals surface area contributed by atoms with E-state index in [0.717, 1.165) is 10.9 Å². The molecule has 1 aromatic heterocycles. The Morgan fingerprint density at radius 2 is 1.85 bits per heavy atom. The van der Waals surface area contributed by atoms with Crippen molar-refractivity contribution in [3.05, 3.63) is 70.9 Å². The highest BCUT2D eigenvalue weighted by atomic mass is 35.5. The fourth-order valence-electron chi connectivity index (χ4n) is 2.84. The third-order valence-electron chi connectivity index (χ3n) is 4.11. The Labute approximate surface area is 152 Å². The van der Waals surface area contributed by atoms with Crippen LogP contribution in [0.15, 0.2) is 54.6 Å². The largest absolute Gasteiger partial charge is 0.350 e. The average Bonchev–Trinajstić information content (AvgIpc) is 3.18. The van der Waals surface area contributed by atoms with Crippen LogP contribution in [0.5, 0.6) is 0 Å². The van der Waals surface area contributed by atoms with Gasteiger partial charge in [0.05, 0.1) is 0 Å². The third-order valence-corrected chi connectivity index (χ3v) is 4.35. The smallest absolute Gasteiger partial charge is 0.344 e. The number of hydrazine groups is 1. The molecule has 1 fully saturated rings. The zero-order valence-electron chi connectivity index (χ0n) is 13.3. The van der Waals surface area contributed by atoms with E-state index in [2.05, 4.69) is 15.7 Å². The van der Waals surface area contributed by atoms with E-state index in [1.807, 2.05) is 6.07 Å². The Kier molecular flexibility index (Phi) is 3.85. The molecular weight excluding hydrogens is 356 g/mol. The van der Waals surface area contributed by atoms with E-state index in [0.29, 0.717) is 15.6 Å². The summed E-state index contributed by atoms with van der Waals surface area (Å²) in [5.41, 5.74) is 3.92. The SMILES string of the molecule is O=C(NN1C(=O)N[C@H](c2ccccc2)C1=O)c1cc2cc(Cl)ccc2[nH]1.